The monoisotopic (exact) mass is 396 g/mol. The maximum Gasteiger partial charge on any atom is 0.261 e. The maximum atomic E-state index is 13.1. The van der Waals surface area contributed by atoms with Gasteiger partial charge in [-0.25, -0.2) is 0 Å². The molecule has 1 N–H and O–H groups in total. The van der Waals surface area contributed by atoms with Crippen molar-refractivity contribution >= 4 is 11.8 Å². The molecule has 0 spiro atoms. The largest absolute Gasteiger partial charge is 0.483 e. The molecule has 0 radical (unpaired) electrons. The van der Waals surface area contributed by atoms with Crippen LogP contribution in [-0.2, 0) is 16.1 Å². The van der Waals surface area contributed by atoms with Crippen molar-refractivity contribution < 1.29 is 14.3 Å². The van der Waals surface area contributed by atoms with Crippen LogP contribution in [0.15, 0.2) is 42.5 Å². The van der Waals surface area contributed by atoms with Gasteiger partial charge in [-0.15, -0.1) is 0 Å². The zero-order valence-electron chi connectivity index (χ0n) is 18.1. The van der Waals surface area contributed by atoms with Gasteiger partial charge in [0, 0.05) is 13.1 Å². The molecule has 5 nitrogen and oxygen atoms in total. The molecule has 0 aliphatic carbocycles. The van der Waals surface area contributed by atoms with Gasteiger partial charge in [0.1, 0.15) is 11.8 Å². The van der Waals surface area contributed by atoms with Crippen molar-refractivity contribution in [3.8, 4) is 5.75 Å². The van der Waals surface area contributed by atoms with Crippen LogP contribution in [0.5, 0.6) is 5.75 Å². The summed E-state index contributed by atoms with van der Waals surface area (Å²) in [5.41, 5.74) is 4.24. The number of hydrogen-bond donors (Lipinski definition) is 1. The van der Waals surface area contributed by atoms with E-state index in [-0.39, 0.29) is 18.4 Å². The number of hydrogen-bond acceptors (Lipinski definition) is 3. The van der Waals surface area contributed by atoms with E-state index in [1.165, 1.54) is 0 Å². The predicted octanol–water partition coefficient (Wildman–Crippen LogP) is 3.93. The van der Waals surface area contributed by atoms with Crippen molar-refractivity contribution in [3.05, 3.63) is 64.7 Å². The molecule has 0 bridgehead atoms. The number of nitrogens with zero attached hydrogens (tertiary/aromatic N) is 1. The van der Waals surface area contributed by atoms with E-state index in [9.17, 15) is 9.59 Å². The first kappa shape index (κ1) is 22.5. The van der Waals surface area contributed by atoms with Crippen LogP contribution in [0.25, 0.3) is 0 Å². The number of ether oxygens (including phenoxy) is 1. The molecule has 29 heavy (non-hydrogen) atoms. The first-order chi connectivity index (χ1) is 13.9. The second-order valence-corrected chi connectivity index (χ2v) is 7.32. The van der Waals surface area contributed by atoms with E-state index in [0.29, 0.717) is 25.3 Å². The number of carbonyl (C=O) groups is 2. The van der Waals surface area contributed by atoms with Crippen molar-refractivity contribution in [2.24, 2.45) is 0 Å². The Hall–Kier alpha value is -2.82. The van der Waals surface area contributed by atoms with Crippen molar-refractivity contribution in [3.63, 3.8) is 0 Å². The Balaban J connectivity index is 2.23. The molecule has 0 heterocycles. The van der Waals surface area contributed by atoms with Crippen molar-refractivity contribution in [1.82, 2.24) is 10.2 Å². The first-order valence-electron chi connectivity index (χ1n) is 10.2. The fraction of sp³-hybridized carbons (Fsp3) is 0.417. The molecule has 2 amide bonds. The second kappa shape index (κ2) is 10.6. The molecule has 0 saturated heterocycles. The zero-order valence-corrected chi connectivity index (χ0v) is 18.1. The van der Waals surface area contributed by atoms with E-state index in [0.717, 1.165) is 22.3 Å². The SMILES string of the molecule is CCNC(=O)[C@@H](CC)N(Cc1ccccc1C)C(=O)COc1ccc(C)cc1C. The molecule has 2 aromatic rings. The lowest BCUT2D eigenvalue weighted by atomic mass is 10.1. The Labute approximate surface area is 174 Å². The molecule has 156 valence electrons. The molecule has 0 aliphatic rings. The summed E-state index contributed by atoms with van der Waals surface area (Å²) in [5, 5.41) is 2.85. The number of carbonyl (C=O) groups excluding carboxylic acids is 2. The van der Waals surface area contributed by atoms with Crippen LogP contribution in [0.2, 0.25) is 0 Å². The van der Waals surface area contributed by atoms with Crippen LogP contribution >= 0.6 is 0 Å². The maximum absolute atomic E-state index is 13.1. The third kappa shape index (κ3) is 6.08. The summed E-state index contributed by atoms with van der Waals surface area (Å²) < 4.78 is 5.81. The summed E-state index contributed by atoms with van der Waals surface area (Å²) in [6, 6.07) is 13.2. The second-order valence-electron chi connectivity index (χ2n) is 7.32. The Morgan fingerprint density at radius 1 is 1.03 bits per heavy atom. The highest BCUT2D eigenvalue weighted by molar-refractivity contribution is 5.88. The average molecular weight is 397 g/mol. The highest BCUT2D eigenvalue weighted by Gasteiger charge is 2.29. The van der Waals surface area contributed by atoms with Gasteiger partial charge in [0.2, 0.25) is 5.91 Å². The van der Waals surface area contributed by atoms with Gasteiger partial charge in [-0.05, 0) is 56.9 Å². The quantitative estimate of drug-likeness (QED) is 0.699. The van der Waals surface area contributed by atoms with Gasteiger partial charge in [-0.1, -0.05) is 48.9 Å². The van der Waals surface area contributed by atoms with Crippen LogP contribution in [-0.4, -0.2) is 35.9 Å². The fourth-order valence-electron chi connectivity index (χ4n) is 3.37. The standard InChI is InChI=1S/C24H32N2O3/c1-6-21(24(28)25-7-2)26(15-20-11-9-8-10-18(20)4)23(27)16-29-22-13-12-17(3)14-19(22)5/h8-14,21H,6-7,15-16H2,1-5H3,(H,25,28)/t21-/m1/s1. The lowest BCUT2D eigenvalue weighted by Gasteiger charge is -2.31. The smallest absolute Gasteiger partial charge is 0.261 e. The number of amides is 2. The minimum absolute atomic E-state index is 0.105. The lowest BCUT2D eigenvalue weighted by molar-refractivity contribution is -0.142. The van der Waals surface area contributed by atoms with Crippen LogP contribution in [0.1, 0.15) is 42.5 Å². The van der Waals surface area contributed by atoms with E-state index in [2.05, 4.69) is 5.32 Å². The van der Waals surface area contributed by atoms with E-state index >= 15 is 0 Å². The van der Waals surface area contributed by atoms with Gasteiger partial charge in [0.25, 0.3) is 5.91 Å². The summed E-state index contributed by atoms with van der Waals surface area (Å²) >= 11 is 0. The van der Waals surface area contributed by atoms with Crippen molar-refractivity contribution in [2.45, 2.75) is 53.6 Å². The van der Waals surface area contributed by atoms with Crippen LogP contribution in [0.3, 0.4) is 0 Å². The van der Waals surface area contributed by atoms with Crippen molar-refractivity contribution in [1.29, 1.82) is 0 Å². The van der Waals surface area contributed by atoms with Gasteiger partial charge in [0.05, 0.1) is 0 Å². The Morgan fingerprint density at radius 3 is 2.38 bits per heavy atom. The lowest BCUT2D eigenvalue weighted by Crippen LogP contribution is -2.50. The van der Waals surface area contributed by atoms with Gasteiger partial charge in [-0.2, -0.15) is 0 Å². The van der Waals surface area contributed by atoms with Crippen LogP contribution < -0.4 is 10.1 Å². The zero-order chi connectivity index (χ0) is 21.4. The molecule has 0 fully saturated rings. The van der Waals surface area contributed by atoms with Crippen LogP contribution in [0, 0.1) is 20.8 Å². The topological polar surface area (TPSA) is 58.6 Å². The van der Waals surface area contributed by atoms with Crippen LogP contribution in [0.4, 0.5) is 0 Å². The molecular weight excluding hydrogens is 364 g/mol. The highest BCUT2D eigenvalue weighted by Crippen LogP contribution is 2.20. The molecule has 5 heteroatoms. The number of aryl methyl sites for hydroxylation is 3. The fourth-order valence-corrected chi connectivity index (χ4v) is 3.37. The van der Waals surface area contributed by atoms with Gasteiger partial charge < -0.3 is 15.0 Å². The van der Waals surface area contributed by atoms with Crippen molar-refractivity contribution in [2.75, 3.05) is 13.2 Å². The number of rotatable bonds is 9. The van der Waals surface area contributed by atoms with Gasteiger partial charge in [-0.3, -0.25) is 9.59 Å². The van der Waals surface area contributed by atoms with E-state index in [4.69, 9.17) is 4.74 Å². The third-order valence-corrected chi connectivity index (χ3v) is 5.02. The predicted molar refractivity (Wildman–Crippen MR) is 116 cm³/mol. The molecule has 0 unspecified atom stereocenters. The average Bonchev–Trinajstić information content (AvgIpc) is 2.68. The molecule has 2 aromatic carbocycles. The Morgan fingerprint density at radius 2 is 1.76 bits per heavy atom. The first-order valence-corrected chi connectivity index (χ1v) is 10.2. The summed E-state index contributed by atoms with van der Waals surface area (Å²) in [6.45, 7) is 10.6. The van der Waals surface area contributed by atoms with Gasteiger partial charge >= 0.3 is 0 Å². The highest BCUT2D eigenvalue weighted by atomic mass is 16.5. The van der Waals surface area contributed by atoms with E-state index in [1.54, 1.807) is 4.90 Å². The molecule has 0 saturated carbocycles. The summed E-state index contributed by atoms with van der Waals surface area (Å²) in [7, 11) is 0. The summed E-state index contributed by atoms with van der Waals surface area (Å²) in [5.74, 6) is 0.348. The number of benzene rings is 2. The number of nitrogens with one attached hydrogen (secondary N) is 1. The Bertz CT molecular complexity index is 848. The van der Waals surface area contributed by atoms with Gasteiger partial charge in [0.15, 0.2) is 6.61 Å². The minimum atomic E-state index is -0.537. The van der Waals surface area contributed by atoms with E-state index in [1.807, 2.05) is 77.1 Å². The number of likely N-dealkylation sites (N-methyl/N-ethyl adjacent to an activating group) is 1. The normalized spacial score (nSPS) is 11.6. The molecule has 0 aromatic heterocycles. The van der Waals surface area contributed by atoms with E-state index < -0.39 is 6.04 Å². The molecule has 1 atom stereocenters. The summed E-state index contributed by atoms with van der Waals surface area (Å²) in [6.07, 6.45) is 0.535. The minimum Gasteiger partial charge on any atom is -0.483 e. The summed E-state index contributed by atoms with van der Waals surface area (Å²) in [4.78, 5) is 27.4. The third-order valence-electron chi connectivity index (χ3n) is 5.02. The molecule has 2 rings (SSSR count). The molecule has 0 aliphatic heterocycles. The Kier molecular flexibility index (Phi) is 8.25. The molecular formula is C24H32N2O3.